The number of nitrogens with zero attached hydrogens (tertiary/aromatic N) is 1. The smallest absolute Gasteiger partial charge is 0.0933 e. The second-order valence-corrected chi connectivity index (χ2v) is 6.28. The van der Waals surface area contributed by atoms with E-state index in [1.165, 1.54) is 5.56 Å². The van der Waals surface area contributed by atoms with Crippen LogP contribution in [0, 0.1) is 0 Å². The number of nitrogens with one attached hydrogen (secondary N) is 1. The first-order valence-corrected chi connectivity index (χ1v) is 7.31. The summed E-state index contributed by atoms with van der Waals surface area (Å²) in [6, 6.07) is 12.4. The highest BCUT2D eigenvalue weighted by Crippen LogP contribution is 2.24. The van der Waals surface area contributed by atoms with Crippen molar-refractivity contribution in [3.05, 3.63) is 57.3 Å². The number of hydrogen-bond donors (Lipinski definition) is 1. The molecule has 2 aromatic heterocycles. The van der Waals surface area contributed by atoms with Gasteiger partial charge in [-0.3, -0.25) is 4.98 Å². The molecule has 1 N–H and O–H groups in total. The highest BCUT2D eigenvalue weighted by molar-refractivity contribution is 9.11. The summed E-state index contributed by atoms with van der Waals surface area (Å²) in [5, 5.41) is 6.75. The number of fused-ring (bicyclic) bond motifs is 1. The molecule has 0 spiro atoms. The van der Waals surface area contributed by atoms with Crippen LogP contribution in [-0.4, -0.2) is 4.98 Å². The monoisotopic (exact) mass is 318 g/mol. The van der Waals surface area contributed by atoms with Gasteiger partial charge < -0.3 is 5.32 Å². The summed E-state index contributed by atoms with van der Waals surface area (Å²) in [5.74, 6) is 0. The minimum absolute atomic E-state index is 0.817. The molecule has 2 heterocycles. The van der Waals surface area contributed by atoms with E-state index < -0.39 is 0 Å². The summed E-state index contributed by atoms with van der Waals surface area (Å²) in [6.07, 6.45) is 1.83. The number of pyridine rings is 1. The van der Waals surface area contributed by atoms with E-state index in [0.717, 1.165) is 26.9 Å². The fourth-order valence-electron chi connectivity index (χ4n) is 1.88. The van der Waals surface area contributed by atoms with Gasteiger partial charge in [-0.15, -0.1) is 11.3 Å². The van der Waals surface area contributed by atoms with Crippen LogP contribution < -0.4 is 5.32 Å². The van der Waals surface area contributed by atoms with E-state index in [4.69, 9.17) is 0 Å². The highest BCUT2D eigenvalue weighted by atomic mass is 79.9. The molecule has 1 aromatic carbocycles. The number of benzene rings is 1. The van der Waals surface area contributed by atoms with Crippen LogP contribution >= 0.6 is 27.3 Å². The molecule has 0 saturated heterocycles. The van der Waals surface area contributed by atoms with Gasteiger partial charge in [0, 0.05) is 18.1 Å². The van der Waals surface area contributed by atoms with E-state index in [0.29, 0.717) is 0 Å². The summed E-state index contributed by atoms with van der Waals surface area (Å²) in [4.78, 5) is 4.43. The van der Waals surface area contributed by atoms with E-state index in [1.807, 2.05) is 12.3 Å². The van der Waals surface area contributed by atoms with Gasteiger partial charge in [0.05, 0.1) is 15.0 Å². The molecule has 0 aliphatic rings. The van der Waals surface area contributed by atoms with E-state index in [1.54, 1.807) is 11.3 Å². The number of thiophene rings is 1. The lowest BCUT2D eigenvalue weighted by molar-refractivity contribution is 1.16. The Labute approximate surface area is 118 Å². The molecule has 0 aliphatic carbocycles. The van der Waals surface area contributed by atoms with Crippen molar-refractivity contribution in [2.45, 2.75) is 6.54 Å². The Morgan fingerprint density at radius 2 is 2.11 bits per heavy atom. The van der Waals surface area contributed by atoms with Crippen LogP contribution in [0.25, 0.3) is 10.9 Å². The van der Waals surface area contributed by atoms with Crippen LogP contribution in [0.2, 0.25) is 0 Å². The Morgan fingerprint density at radius 3 is 2.94 bits per heavy atom. The lowest BCUT2D eigenvalue weighted by atomic mass is 10.2. The molecule has 90 valence electrons. The Hall–Kier alpha value is -1.39. The minimum Gasteiger partial charge on any atom is -0.379 e. The molecular weight excluding hydrogens is 308 g/mol. The molecule has 4 heteroatoms. The highest BCUT2D eigenvalue weighted by Gasteiger charge is 2.02. The molecule has 0 atom stereocenters. The zero-order valence-electron chi connectivity index (χ0n) is 9.56. The van der Waals surface area contributed by atoms with Crippen molar-refractivity contribution < 1.29 is 0 Å². The van der Waals surface area contributed by atoms with Crippen LogP contribution in [0.15, 0.2) is 51.8 Å². The molecular formula is C14H11BrN2S. The molecule has 0 unspecified atom stereocenters. The predicted octanol–water partition coefficient (Wildman–Crippen LogP) is 4.67. The van der Waals surface area contributed by atoms with E-state index in [9.17, 15) is 0 Å². The molecule has 0 fully saturated rings. The van der Waals surface area contributed by atoms with Crippen molar-refractivity contribution in [1.29, 1.82) is 0 Å². The largest absolute Gasteiger partial charge is 0.379 e. The van der Waals surface area contributed by atoms with Crippen molar-refractivity contribution in [2.75, 3.05) is 5.32 Å². The van der Waals surface area contributed by atoms with Crippen molar-refractivity contribution in [3.63, 3.8) is 0 Å². The van der Waals surface area contributed by atoms with Crippen LogP contribution in [0.3, 0.4) is 0 Å². The summed E-state index contributed by atoms with van der Waals surface area (Å²) < 4.78 is 1.16. The predicted molar refractivity (Wildman–Crippen MR) is 81.1 cm³/mol. The topological polar surface area (TPSA) is 24.9 Å². The average molecular weight is 319 g/mol. The molecule has 0 saturated carbocycles. The Kier molecular flexibility index (Phi) is 3.30. The van der Waals surface area contributed by atoms with Gasteiger partial charge in [-0.2, -0.15) is 0 Å². The van der Waals surface area contributed by atoms with Gasteiger partial charge in [0.15, 0.2) is 0 Å². The molecule has 2 nitrogen and oxygen atoms in total. The van der Waals surface area contributed by atoms with Gasteiger partial charge in [0.1, 0.15) is 0 Å². The number of anilines is 1. The fraction of sp³-hybridized carbons (Fsp3) is 0.0714. The fourth-order valence-corrected chi connectivity index (χ4v) is 3.09. The zero-order chi connectivity index (χ0) is 12.4. The number of hydrogen-bond acceptors (Lipinski definition) is 3. The summed E-state index contributed by atoms with van der Waals surface area (Å²) in [6.45, 7) is 0.817. The summed E-state index contributed by atoms with van der Waals surface area (Å²) in [5.41, 5.74) is 3.38. The van der Waals surface area contributed by atoms with Crippen LogP contribution in [0.5, 0.6) is 0 Å². The van der Waals surface area contributed by atoms with Gasteiger partial charge in [-0.25, -0.2) is 0 Å². The van der Waals surface area contributed by atoms with E-state index in [2.05, 4.69) is 61.9 Å². The third kappa shape index (κ3) is 2.40. The first-order valence-electron chi connectivity index (χ1n) is 5.63. The maximum atomic E-state index is 4.43. The van der Waals surface area contributed by atoms with Gasteiger partial charge in [0.25, 0.3) is 0 Å². The van der Waals surface area contributed by atoms with Crippen LogP contribution in [0.1, 0.15) is 5.56 Å². The lowest BCUT2D eigenvalue weighted by Crippen LogP contribution is -1.99. The third-order valence-electron chi connectivity index (χ3n) is 2.74. The van der Waals surface area contributed by atoms with Crippen molar-refractivity contribution in [3.8, 4) is 0 Å². The van der Waals surface area contributed by atoms with Gasteiger partial charge in [-0.05, 0) is 45.1 Å². The second-order valence-electron chi connectivity index (χ2n) is 3.99. The molecule has 18 heavy (non-hydrogen) atoms. The van der Waals surface area contributed by atoms with Gasteiger partial charge in [-0.1, -0.05) is 18.2 Å². The molecule has 0 aliphatic heterocycles. The molecule has 0 amide bonds. The maximum absolute atomic E-state index is 4.43. The van der Waals surface area contributed by atoms with Crippen molar-refractivity contribution in [2.24, 2.45) is 0 Å². The standard InChI is InChI=1S/C14H11BrN2S/c15-13-7-10(9-18-13)8-17-12-5-1-3-11-4-2-6-16-14(11)12/h1-7,9,17H,8H2. The SMILES string of the molecule is Brc1cc(CNc2cccc3cccnc23)cs1. The zero-order valence-corrected chi connectivity index (χ0v) is 12.0. The van der Waals surface area contributed by atoms with E-state index in [-0.39, 0.29) is 0 Å². The number of rotatable bonds is 3. The lowest BCUT2D eigenvalue weighted by Gasteiger charge is -2.07. The van der Waals surface area contributed by atoms with Crippen molar-refractivity contribution >= 4 is 43.9 Å². The van der Waals surface area contributed by atoms with Crippen LogP contribution in [0.4, 0.5) is 5.69 Å². The molecule has 3 rings (SSSR count). The molecule has 0 bridgehead atoms. The Morgan fingerprint density at radius 1 is 1.22 bits per heavy atom. The second kappa shape index (κ2) is 5.08. The Bertz CT molecular complexity index is 673. The quantitative estimate of drug-likeness (QED) is 0.759. The average Bonchev–Trinajstić information content (AvgIpc) is 2.82. The maximum Gasteiger partial charge on any atom is 0.0933 e. The van der Waals surface area contributed by atoms with Crippen LogP contribution in [-0.2, 0) is 6.54 Å². The van der Waals surface area contributed by atoms with Gasteiger partial charge >= 0.3 is 0 Å². The number of halogens is 1. The number of aromatic nitrogens is 1. The molecule has 3 aromatic rings. The minimum atomic E-state index is 0.817. The summed E-state index contributed by atoms with van der Waals surface area (Å²) >= 11 is 5.18. The van der Waals surface area contributed by atoms with Gasteiger partial charge in [0.2, 0.25) is 0 Å². The van der Waals surface area contributed by atoms with Crippen molar-refractivity contribution in [1.82, 2.24) is 4.98 Å². The first kappa shape index (κ1) is 11.7. The van der Waals surface area contributed by atoms with E-state index >= 15 is 0 Å². The molecule has 0 radical (unpaired) electrons. The third-order valence-corrected chi connectivity index (χ3v) is 4.29. The first-order chi connectivity index (χ1) is 8.83. The Balaban J connectivity index is 1.86. The summed E-state index contributed by atoms with van der Waals surface area (Å²) in [7, 11) is 0. The number of para-hydroxylation sites is 1. The normalized spacial score (nSPS) is 10.7.